The molecule has 0 saturated heterocycles. The van der Waals surface area contributed by atoms with Crippen LogP contribution in [0.1, 0.15) is 23.6 Å². The normalized spacial score (nSPS) is 10.8. The van der Waals surface area contributed by atoms with Gasteiger partial charge >= 0.3 is 0 Å². The highest BCUT2D eigenvalue weighted by Gasteiger charge is 2.11. The number of fused-ring (bicyclic) bond motifs is 1. The van der Waals surface area contributed by atoms with E-state index in [4.69, 9.17) is 0 Å². The Morgan fingerprint density at radius 2 is 1.64 bits per heavy atom. The topological polar surface area (TPSA) is 0 Å². The molecule has 0 fully saturated rings. The van der Waals surface area contributed by atoms with E-state index in [1.807, 2.05) is 0 Å². The minimum absolute atomic E-state index is 1.12. The van der Waals surface area contributed by atoms with Crippen LogP contribution in [0.3, 0.4) is 0 Å². The second kappa shape index (κ2) is 3.45. The highest BCUT2D eigenvalue weighted by Crippen LogP contribution is 2.32. The lowest BCUT2D eigenvalue weighted by Gasteiger charge is -2.03. The Hall–Kier alpha value is -1.30. The summed E-state index contributed by atoms with van der Waals surface area (Å²) in [5.41, 5.74) is 7.08. The molecule has 0 bridgehead atoms. The summed E-state index contributed by atoms with van der Waals surface area (Å²) < 4.78 is 0. The van der Waals surface area contributed by atoms with E-state index in [1.54, 1.807) is 0 Å². The number of hydrogen-bond acceptors (Lipinski definition) is 0. The minimum atomic E-state index is 1.12. The molecule has 0 amide bonds. The monoisotopic (exact) mass is 184 g/mol. The summed E-state index contributed by atoms with van der Waals surface area (Å²) in [7, 11) is 0. The lowest BCUT2D eigenvalue weighted by molar-refractivity contribution is 1.15. The predicted molar refractivity (Wildman–Crippen MR) is 61.9 cm³/mol. The van der Waals surface area contributed by atoms with Crippen molar-refractivity contribution in [3.63, 3.8) is 0 Å². The Balaban J connectivity index is 2.78. The van der Waals surface area contributed by atoms with Gasteiger partial charge in [0.1, 0.15) is 0 Å². The van der Waals surface area contributed by atoms with Crippen LogP contribution in [0.25, 0.3) is 11.1 Å². The summed E-state index contributed by atoms with van der Waals surface area (Å²) >= 11 is 0. The van der Waals surface area contributed by atoms with Crippen LogP contribution in [0, 0.1) is 13.8 Å². The first kappa shape index (κ1) is 9.26. The van der Waals surface area contributed by atoms with Crippen molar-refractivity contribution in [2.75, 3.05) is 0 Å². The third-order valence-corrected chi connectivity index (χ3v) is 2.93. The summed E-state index contributed by atoms with van der Waals surface area (Å²) in [6, 6.07) is 11.0. The fraction of sp³-hybridized carbons (Fsp3) is 0.286. The third-order valence-electron chi connectivity index (χ3n) is 2.93. The smallest absolute Gasteiger partial charge is 0.0120 e. The molecule has 0 heterocycles. The average Bonchev–Trinajstić information content (AvgIpc) is 2.55. The van der Waals surface area contributed by atoms with E-state index in [1.165, 1.54) is 27.8 Å². The van der Waals surface area contributed by atoms with Gasteiger partial charge in [0.15, 0.2) is 0 Å². The van der Waals surface area contributed by atoms with E-state index in [0.29, 0.717) is 0 Å². The number of hydrogen-bond donors (Lipinski definition) is 0. The van der Waals surface area contributed by atoms with Gasteiger partial charge in [-0.1, -0.05) is 37.3 Å². The van der Waals surface area contributed by atoms with Crippen LogP contribution in [-0.2, 0) is 6.42 Å². The third kappa shape index (κ3) is 1.31. The van der Waals surface area contributed by atoms with Gasteiger partial charge < -0.3 is 0 Å². The molecule has 0 aromatic carbocycles. The van der Waals surface area contributed by atoms with Crippen LogP contribution < -0.4 is 0 Å². The van der Waals surface area contributed by atoms with Crippen LogP contribution in [0.15, 0.2) is 30.3 Å². The zero-order valence-corrected chi connectivity index (χ0v) is 9.09. The average molecular weight is 184 g/mol. The summed E-state index contributed by atoms with van der Waals surface area (Å²) in [5.74, 6) is 0. The molecular formula is C14H16. The van der Waals surface area contributed by atoms with Gasteiger partial charge in [-0.2, -0.15) is 0 Å². The van der Waals surface area contributed by atoms with Crippen molar-refractivity contribution >= 4 is 0 Å². The van der Waals surface area contributed by atoms with E-state index in [2.05, 4.69) is 51.1 Å². The van der Waals surface area contributed by atoms with Crippen molar-refractivity contribution in [3.05, 3.63) is 47.0 Å². The van der Waals surface area contributed by atoms with Crippen LogP contribution in [-0.4, -0.2) is 0 Å². The maximum absolute atomic E-state index is 2.25. The maximum atomic E-state index is 2.25. The standard InChI is InChI=1S/C14H16/c1-4-12-8-9-13-10(2)6-5-7-11(3)14(12)13/h5-9H,4H2,1-3H3. The second-order valence-electron chi connectivity index (χ2n) is 3.89. The Kier molecular flexibility index (Phi) is 2.28. The molecule has 14 heavy (non-hydrogen) atoms. The Bertz CT molecular complexity index is 427. The minimum Gasteiger partial charge on any atom is -0.0617 e. The summed E-state index contributed by atoms with van der Waals surface area (Å²) in [6.07, 6.45) is 1.12. The summed E-state index contributed by atoms with van der Waals surface area (Å²) in [4.78, 5) is 0. The van der Waals surface area contributed by atoms with Gasteiger partial charge in [0, 0.05) is 0 Å². The van der Waals surface area contributed by atoms with Crippen molar-refractivity contribution in [1.82, 2.24) is 0 Å². The van der Waals surface area contributed by atoms with Crippen molar-refractivity contribution in [2.45, 2.75) is 27.2 Å². The fourth-order valence-corrected chi connectivity index (χ4v) is 2.12. The largest absolute Gasteiger partial charge is 0.0617 e. The van der Waals surface area contributed by atoms with Crippen LogP contribution in [0.5, 0.6) is 0 Å². The first-order valence-corrected chi connectivity index (χ1v) is 5.22. The lowest BCUT2D eigenvalue weighted by atomic mass is 10.0. The van der Waals surface area contributed by atoms with Crippen LogP contribution in [0.4, 0.5) is 0 Å². The molecular weight excluding hydrogens is 168 g/mol. The highest BCUT2D eigenvalue weighted by atomic mass is 14.1. The zero-order chi connectivity index (χ0) is 10.1. The predicted octanol–water partition coefficient (Wildman–Crippen LogP) is 3.97. The molecule has 0 heteroatoms. The molecule has 72 valence electrons. The zero-order valence-electron chi connectivity index (χ0n) is 9.09. The van der Waals surface area contributed by atoms with Crippen LogP contribution in [0.2, 0.25) is 0 Å². The van der Waals surface area contributed by atoms with E-state index in [9.17, 15) is 0 Å². The molecule has 0 radical (unpaired) electrons. The molecule has 0 atom stereocenters. The van der Waals surface area contributed by atoms with Gasteiger partial charge in [-0.05, 0) is 48.1 Å². The van der Waals surface area contributed by atoms with Crippen LogP contribution >= 0.6 is 0 Å². The summed E-state index contributed by atoms with van der Waals surface area (Å²) in [6.45, 7) is 6.60. The molecule has 2 aliphatic carbocycles. The molecule has 0 unspecified atom stereocenters. The number of aryl methyl sites for hydroxylation is 3. The molecule has 2 aliphatic rings. The van der Waals surface area contributed by atoms with Crippen molar-refractivity contribution in [3.8, 4) is 11.1 Å². The lowest BCUT2D eigenvalue weighted by Crippen LogP contribution is -1.83. The first-order chi connectivity index (χ1) is 6.74. The van der Waals surface area contributed by atoms with Gasteiger partial charge in [-0.3, -0.25) is 0 Å². The van der Waals surface area contributed by atoms with E-state index in [-0.39, 0.29) is 0 Å². The maximum Gasteiger partial charge on any atom is -0.0120 e. The van der Waals surface area contributed by atoms with Crippen molar-refractivity contribution < 1.29 is 0 Å². The SMILES string of the molecule is CCc1ccc2c(C)cccc(C)c1-2. The highest BCUT2D eigenvalue weighted by molar-refractivity contribution is 5.76. The molecule has 0 aliphatic heterocycles. The molecule has 0 aromatic rings. The Morgan fingerprint density at radius 3 is 2.36 bits per heavy atom. The van der Waals surface area contributed by atoms with E-state index >= 15 is 0 Å². The molecule has 0 spiro atoms. The Labute approximate surface area is 85.9 Å². The van der Waals surface area contributed by atoms with Gasteiger partial charge in [0.05, 0.1) is 0 Å². The van der Waals surface area contributed by atoms with Crippen molar-refractivity contribution in [1.29, 1.82) is 0 Å². The van der Waals surface area contributed by atoms with Gasteiger partial charge in [-0.25, -0.2) is 0 Å². The molecule has 0 N–H and O–H groups in total. The van der Waals surface area contributed by atoms with E-state index in [0.717, 1.165) is 6.42 Å². The molecule has 2 rings (SSSR count). The molecule has 0 saturated carbocycles. The van der Waals surface area contributed by atoms with Gasteiger partial charge in [0.25, 0.3) is 0 Å². The first-order valence-electron chi connectivity index (χ1n) is 5.22. The summed E-state index contributed by atoms with van der Waals surface area (Å²) in [5, 5.41) is 0. The number of rotatable bonds is 1. The van der Waals surface area contributed by atoms with Gasteiger partial charge in [-0.15, -0.1) is 0 Å². The fourth-order valence-electron chi connectivity index (χ4n) is 2.12. The second-order valence-corrected chi connectivity index (χ2v) is 3.89. The molecule has 0 aromatic heterocycles. The Morgan fingerprint density at radius 1 is 0.929 bits per heavy atom. The van der Waals surface area contributed by atoms with Gasteiger partial charge in [0.2, 0.25) is 0 Å². The quantitative estimate of drug-likeness (QED) is 0.629. The van der Waals surface area contributed by atoms with E-state index < -0.39 is 0 Å². The van der Waals surface area contributed by atoms with Crippen molar-refractivity contribution in [2.24, 2.45) is 0 Å². The molecule has 0 nitrogen and oxygen atoms in total.